The van der Waals surface area contributed by atoms with E-state index in [1.54, 1.807) is 14.0 Å². The van der Waals surface area contributed by atoms with E-state index in [1.165, 1.54) is 0 Å². The molecule has 6 heteroatoms. The van der Waals surface area contributed by atoms with Gasteiger partial charge in [0.25, 0.3) is 0 Å². The highest BCUT2D eigenvalue weighted by Crippen LogP contribution is 2.09. The van der Waals surface area contributed by atoms with Crippen LogP contribution in [0.5, 0.6) is 0 Å². The average molecular weight is 244 g/mol. The Morgan fingerprint density at radius 1 is 1.59 bits per heavy atom. The highest BCUT2D eigenvalue weighted by Gasteiger charge is 2.29. The number of nitrogens with one attached hydrogen (secondary N) is 2. The van der Waals surface area contributed by atoms with Crippen molar-refractivity contribution in [3.63, 3.8) is 0 Å². The van der Waals surface area contributed by atoms with Crippen LogP contribution in [0.4, 0.5) is 0 Å². The van der Waals surface area contributed by atoms with Crippen LogP contribution in [-0.4, -0.2) is 49.3 Å². The Labute approximate surface area is 101 Å². The van der Waals surface area contributed by atoms with E-state index in [0.29, 0.717) is 19.5 Å². The number of carboxylic acids is 1. The minimum Gasteiger partial charge on any atom is -0.481 e. The first kappa shape index (κ1) is 13.9. The largest absolute Gasteiger partial charge is 0.481 e. The van der Waals surface area contributed by atoms with Gasteiger partial charge in [-0.1, -0.05) is 6.92 Å². The van der Waals surface area contributed by atoms with Gasteiger partial charge in [-0.25, -0.2) is 0 Å². The molecule has 1 aliphatic rings. The molecule has 0 saturated carbocycles. The Kier molecular flexibility index (Phi) is 5.37. The molecule has 1 rings (SSSR count). The van der Waals surface area contributed by atoms with Gasteiger partial charge in [-0.2, -0.15) is 0 Å². The van der Waals surface area contributed by atoms with Crippen molar-refractivity contribution in [1.29, 1.82) is 0 Å². The highest BCUT2D eigenvalue weighted by molar-refractivity contribution is 5.82. The monoisotopic (exact) mass is 244 g/mol. The zero-order chi connectivity index (χ0) is 12.8. The molecule has 17 heavy (non-hydrogen) atoms. The fraction of sp³-hybridized carbons (Fsp3) is 0.818. The maximum Gasteiger partial charge on any atom is 0.303 e. The summed E-state index contributed by atoms with van der Waals surface area (Å²) in [7, 11) is 1.63. The Morgan fingerprint density at radius 3 is 2.82 bits per heavy atom. The van der Waals surface area contributed by atoms with Crippen LogP contribution in [0.1, 0.15) is 19.8 Å². The van der Waals surface area contributed by atoms with E-state index in [1.807, 2.05) is 0 Å². The van der Waals surface area contributed by atoms with E-state index in [9.17, 15) is 9.59 Å². The second-order valence-electron chi connectivity index (χ2n) is 4.50. The highest BCUT2D eigenvalue weighted by atomic mass is 16.5. The lowest BCUT2D eigenvalue weighted by Gasteiger charge is -2.14. The van der Waals surface area contributed by atoms with Gasteiger partial charge in [0, 0.05) is 26.6 Å². The van der Waals surface area contributed by atoms with E-state index in [-0.39, 0.29) is 30.4 Å². The number of hydrogen-bond donors (Lipinski definition) is 3. The smallest absolute Gasteiger partial charge is 0.303 e. The molecule has 1 amide bonds. The van der Waals surface area contributed by atoms with Crippen molar-refractivity contribution in [1.82, 2.24) is 10.6 Å². The van der Waals surface area contributed by atoms with Crippen LogP contribution in [0.25, 0.3) is 0 Å². The molecule has 0 bridgehead atoms. The van der Waals surface area contributed by atoms with E-state index in [4.69, 9.17) is 9.84 Å². The van der Waals surface area contributed by atoms with Crippen LogP contribution >= 0.6 is 0 Å². The Morgan fingerprint density at radius 2 is 2.29 bits per heavy atom. The number of aliphatic carboxylic acids is 1. The van der Waals surface area contributed by atoms with E-state index in [0.717, 1.165) is 0 Å². The Balaban J connectivity index is 2.23. The number of carbonyl (C=O) groups excluding carboxylic acids is 1. The lowest BCUT2D eigenvalue weighted by Crippen LogP contribution is -2.42. The minimum absolute atomic E-state index is 0.0592. The van der Waals surface area contributed by atoms with Crippen molar-refractivity contribution in [2.75, 3.05) is 20.2 Å². The number of hydrogen-bond acceptors (Lipinski definition) is 4. The van der Waals surface area contributed by atoms with Crippen molar-refractivity contribution < 1.29 is 19.4 Å². The maximum atomic E-state index is 11.7. The van der Waals surface area contributed by atoms with Crippen LogP contribution in [0.3, 0.4) is 0 Å². The molecule has 1 heterocycles. The van der Waals surface area contributed by atoms with Crippen LogP contribution in [0.2, 0.25) is 0 Å². The van der Waals surface area contributed by atoms with Gasteiger partial charge >= 0.3 is 5.97 Å². The lowest BCUT2D eigenvalue weighted by atomic mass is 10.1. The summed E-state index contributed by atoms with van der Waals surface area (Å²) >= 11 is 0. The first-order valence-electron chi connectivity index (χ1n) is 5.78. The second-order valence-corrected chi connectivity index (χ2v) is 4.50. The number of carboxylic acid groups (broad SMARTS) is 1. The second kappa shape index (κ2) is 6.56. The number of carbonyl (C=O) groups is 2. The number of rotatable bonds is 6. The number of methoxy groups -OCH3 is 1. The standard InChI is InChI=1S/C11H20N2O4/c1-7(3-10(14)15)5-13-11(16)9-4-8(17-2)6-12-9/h7-9,12H,3-6H2,1-2H3,(H,13,16)(H,14,15). The molecule has 6 nitrogen and oxygen atoms in total. The minimum atomic E-state index is -0.842. The van der Waals surface area contributed by atoms with Gasteiger partial charge < -0.3 is 20.5 Å². The van der Waals surface area contributed by atoms with Gasteiger partial charge in [0.15, 0.2) is 0 Å². The van der Waals surface area contributed by atoms with Crippen molar-refractivity contribution >= 4 is 11.9 Å². The average Bonchev–Trinajstić information content (AvgIpc) is 2.73. The fourth-order valence-corrected chi connectivity index (χ4v) is 1.85. The Bertz CT molecular complexity index is 283. The molecule has 0 aromatic heterocycles. The summed E-state index contributed by atoms with van der Waals surface area (Å²) in [4.78, 5) is 22.2. The molecule has 3 unspecified atom stereocenters. The predicted octanol–water partition coefficient (Wildman–Crippen LogP) is -0.410. The maximum absolute atomic E-state index is 11.7. The van der Waals surface area contributed by atoms with Gasteiger partial charge in [-0.3, -0.25) is 9.59 Å². The molecule has 0 aromatic carbocycles. The lowest BCUT2D eigenvalue weighted by molar-refractivity contribution is -0.138. The number of ether oxygens (including phenoxy) is 1. The third kappa shape index (κ3) is 4.70. The molecule has 3 atom stereocenters. The molecule has 0 radical (unpaired) electrons. The van der Waals surface area contributed by atoms with Crippen molar-refractivity contribution in [2.45, 2.75) is 31.9 Å². The zero-order valence-corrected chi connectivity index (χ0v) is 10.2. The van der Waals surface area contributed by atoms with E-state index < -0.39 is 5.97 Å². The van der Waals surface area contributed by atoms with E-state index in [2.05, 4.69) is 10.6 Å². The molecular weight excluding hydrogens is 224 g/mol. The van der Waals surface area contributed by atoms with Crippen LogP contribution in [0.15, 0.2) is 0 Å². The summed E-state index contributed by atoms with van der Waals surface area (Å²) in [5, 5.41) is 14.4. The molecule has 0 spiro atoms. The summed E-state index contributed by atoms with van der Waals surface area (Å²) in [6, 6.07) is -0.225. The molecule has 98 valence electrons. The molecule has 0 aliphatic carbocycles. The quantitative estimate of drug-likeness (QED) is 0.591. The molecule has 1 aliphatic heterocycles. The van der Waals surface area contributed by atoms with Gasteiger partial charge in [0.2, 0.25) is 5.91 Å². The summed E-state index contributed by atoms with van der Waals surface area (Å²) in [5.41, 5.74) is 0. The normalized spacial score (nSPS) is 25.5. The molecular formula is C11H20N2O4. The van der Waals surface area contributed by atoms with Crippen LogP contribution in [0, 0.1) is 5.92 Å². The van der Waals surface area contributed by atoms with Crippen molar-refractivity contribution in [2.24, 2.45) is 5.92 Å². The van der Waals surface area contributed by atoms with E-state index >= 15 is 0 Å². The first-order chi connectivity index (χ1) is 8.02. The zero-order valence-electron chi connectivity index (χ0n) is 10.2. The fourth-order valence-electron chi connectivity index (χ4n) is 1.85. The summed E-state index contributed by atoms with van der Waals surface area (Å²) in [5.74, 6) is -0.983. The van der Waals surface area contributed by atoms with Gasteiger partial charge in [-0.15, -0.1) is 0 Å². The summed E-state index contributed by atoms with van der Waals surface area (Å²) < 4.78 is 5.15. The van der Waals surface area contributed by atoms with Crippen LogP contribution in [-0.2, 0) is 14.3 Å². The topological polar surface area (TPSA) is 87.7 Å². The number of amides is 1. The van der Waals surface area contributed by atoms with Crippen molar-refractivity contribution in [3.05, 3.63) is 0 Å². The summed E-state index contributed by atoms with van der Waals surface area (Å²) in [6.45, 7) is 2.87. The van der Waals surface area contributed by atoms with Crippen molar-refractivity contribution in [3.8, 4) is 0 Å². The van der Waals surface area contributed by atoms with Crippen LogP contribution < -0.4 is 10.6 Å². The molecule has 0 aromatic rings. The molecule has 1 saturated heterocycles. The molecule has 1 fully saturated rings. The third-order valence-electron chi connectivity index (χ3n) is 2.89. The Hall–Kier alpha value is -1.14. The van der Waals surface area contributed by atoms with Gasteiger partial charge in [-0.05, 0) is 12.3 Å². The predicted molar refractivity (Wildman–Crippen MR) is 61.6 cm³/mol. The first-order valence-corrected chi connectivity index (χ1v) is 5.78. The van der Waals surface area contributed by atoms with Gasteiger partial charge in [0.1, 0.15) is 0 Å². The summed E-state index contributed by atoms with van der Waals surface area (Å²) in [6.07, 6.45) is 0.816. The van der Waals surface area contributed by atoms with Gasteiger partial charge in [0.05, 0.1) is 12.1 Å². The molecule has 3 N–H and O–H groups in total. The SMILES string of the molecule is COC1CNC(C(=O)NCC(C)CC(=O)O)C1. The third-order valence-corrected chi connectivity index (χ3v) is 2.89.